The number of rotatable bonds is 9. The van der Waals surface area contributed by atoms with Crippen molar-refractivity contribution >= 4 is 34.7 Å². The standard InChI is InChI=1S/C32H22N4O8/c37-31-25-7-3-1-5-23(25)29(43-31)17-27(19-9-13-21(14-10-19)35(39)40)33-34-28(20-11-15-22(16-12-20)36(41)42)18-30-24-6-2-4-8-26(24)32(38)44-30/h1-16,29-30H,17-18H2. The van der Waals surface area contributed by atoms with Gasteiger partial charge in [0, 0.05) is 48.2 Å². The van der Waals surface area contributed by atoms with E-state index in [1.807, 2.05) is 0 Å². The first kappa shape index (κ1) is 28.1. The molecule has 0 amide bonds. The first-order valence-electron chi connectivity index (χ1n) is 13.5. The molecule has 0 saturated carbocycles. The normalized spacial score (nSPS) is 17.5. The monoisotopic (exact) mass is 590 g/mol. The van der Waals surface area contributed by atoms with E-state index in [0.29, 0.717) is 44.8 Å². The maximum atomic E-state index is 12.5. The number of nitro benzene ring substituents is 2. The van der Waals surface area contributed by atoms with Crippen molar-refractivity contribution in [3.05, 3.63) is 151 Å². The molecular formula is C32H22N4O8. The molecule has 6 rings (SSSR count). The van der Waals surface area contributed by atoms with E-state index in [9.17, 15) is 29.8 Å². The van der Waals surface area contributed by atoms with Crippen molar-refractivity contribution < 1.29 is 28.9 Å². The van der Waals surface area contributed by atoms with Gasteiger partial charge < -0.3 is 9.47 Å². The van der Waals surface area contributed by atoms with Crippen LogP contribution in [-0.2, 0) is 9.47 Å². The van der Waals surface area contributed by atoms with E-state index in [2.05, 4.69) is 10.2 Å². The van der Waals surface area contributed by atoms with Crippen molar-refractivity contribution in [3.8, 4) is 0 Å². The lowest BCUT2D eigenvalue weighted by molar-refractivity contribution is -0.385. The second kappa shape index (κ2) is 11.7. The predicted octanol–water partition coefficient (Wildman–Crippen LogP) is 6.30. The van der Waals surface area contributed by atoms with Gasteiger partial charge in [0.2, 0.25) is 0 Å². The molecule has 2 aliphatic heterocycles. The molecule has 0 aromatic heterocycles. The zero-order valence-corrected chi connectivity index (χ0v) is 22.9. The summed E-state index contributed by atoms with van der Waals surface area (Å²) < 4.78 is 11.3. The molecule has 4 aromatic carbocycles. The SMILES string of the molecule is O=C1OC(CC(=NN=C(CC2OC(=O)c3ccccc32)c2ccc([N+](=O)[O-])cc2)c2ccc([N+](=O)[O-])cc2)c2ccccc21. The van der Waals surface area contributed by atoms with Crippen molar-refractivity contribution in [2.45, 2.75) is 25.0 Å². The van der Waals surface area contributed by atoms with E-state index in [0.717, 1.165) is 0 Å². The molecule has 0 spiro atoms. The zero-order valence-electron chi connectivity index (χ0n) is 22.9. The summed E-state index contributed by atoms with van der Waals surface area (Å²) in [4.78, 5) is 46.5. The number of esters is 2. The van der Waals surface area contributed by atoms with Gasteiger partial charge in [0.1, 0.15) is 12.2 Å². The molecule has 2 atom stereocenters. The molecule has 0 bridgehead atoms. The van der Waals surface area contributed by atoms with Crippen molar-refractivity contribution in [2.75, 3.05) is 0 Å². The molecule has 0 fully saturated rings. The fourth-order valence-electron chi connectivity index (χ4n) is 5.20. The molecule has 12 nitrogen and oxygen atoms in total. The van der Waals surface area contributed by atoms with Gasteiger partial charge in [-0.25, -0.2) is 9.59 Å². The Morgan fingerprint density at radius 3 is 1.32 bits per heavy atom. The van der Waals surface area contributed by atoms with E-state index >= 15 is 0 Å². The molecule has 2 unspecified atom stereocenters. The molecule has 4 aromatic rings. The number of cyclic esters (lactones) is 2. The van der Waals surface area contributed by atoms with Gasteiger partial charge in [-0.2, -0.15) is 10.2 Å². The highest BCUT2D eigenvalue weighted by molar-refractivity contribution is 6.05. The van der Waals surface area contributed by atoms with Gasteiger partial charge in [0.15, 0.2) is 0 Å². The highest BCUT2D eigenvalue weighted by Gasteiger charge is 2.33. The number of fused-ring (bicyclic) bond motifs is 2. The Hall–Kier alpha value is -6.04. The molecule has 44 heavy (non-hydrogen) atoms. The number of ether oxygens (including phenoxy) is 2. The van der Waals surface area contributed by atoms with Gasteiger partial charge in [-0.15, -0.1) is 0 Å². The summed E-state index contributed by atoms with van der Waals surface area (Å²) in [5, 5.41) is 31.6. The second-order valence-corrected chi connectivity index (χ2v) is 10.1. The molecule has 218 valence electrons. The van der Waals surface area contributed by atoms with E-state index < -0.39 is 34.0 Å². The van der Waals surface area contributed by atoms with Crippen LogP contribution in [0.25, 0.3) is 0 Å². The summed E-state index contributed by atoms with van der Waals surface area (Å²) in [5.41, 5.74) is 3.80. The highest BCUT2D eigenvalue weighted by Crippen LogP contribution is 2.36. The van der Waals surface area contributed by atoms with Gasteiger partial charge >= 0.3 is 11.9 Å². The number of non-ortho nitro benzene ring substituents is 2. The molecule has 2 aliphatic rings. The lowest BCUT2D eigenvalue weighted by Crippen LogP contribution is -2.11. The third kappa shape index (κ3) is 5.55. The Bertz CT molecular complexity index is 1730. The Labute approximate surface area is 249 Å². The van der Waals surface area contributed by atoms with Crippen LogP contribution in [0.1, 0.15) is 68.0 Å². The number of nitro groups is 2. The molecule has 0 saturated heterocycles. The summed E-state index contributed by atoms with van der Waals surface area (Å²) in [6.45, 7) is 0. The minimum absolute atomic E-state index is 0.109. The fourth-order valence-corrected chi connectivity index (χ4v) is 5.20. The van der Waals surface area contributed by atoms with Crippen LogP contribution in [-0.4, -0.2) is 33.2 Å². The van der Waals surface area contributed by atoms with Crippen molar-refractivity contribution in [1.82, 2.24) is 0 Å². The second-order valence-electron chi connectivity index (χ2n) is 10.1. The maximum Gasteiger partial charge on any atom is 0.339 e. The van der Waals surface area contributed by atoms with Gasteiger partial charge in [-0.05, 0) is 47.5 Å². The Morgan fingerprint density at radius 1 is 0.591 bits per heavy atom. The quantitative estimate of drug-likeness (QED) is 0.0948. The topological polar surface area (TPSA) is 164 Å². The molecule has 12 heteroatoms. The molecule has 0 N–H and O–H groups in total. The van der Waals surface area contributed by atoms with Crippen LogP contribution < -0.4 is 0 Å². The van der Waals surface area contributed by atoms with Gasteiger partial charge in [0.25, 0.3) is 11.4 Å². The van der Waals surface area contributed by atoms with Crippen LogP contribution in [0.5, 0.6) is 0 Å². The summed E-state index contributed by atoms with van der Waals surface area (Å²) in [6.07, 6.45) is -1.13. The lowest BCUT2D eigenvalue weighted by atomic mass is 9.97. The lowest BCUT2D eigenvalue weighted by Gasteiger charge is -2.14. The van der Waals surface area contributed by atoms with Crippen molar-refractivity contribution in [3.63, 3.8) is 0 Å². The average Bonchev–Trinajstić information content (AvgIpc) is 3.53. The number of carbonyl (C=O) groups excluding carboxylic acids is 2. The maximum absolute atomic E-state index is 12.5. The third-order valence-corrected chi connectivity index (χ3v) is 7.43. The van der Waals surface area contributed by atoms with Crippen molar-refractivity contribution in [1.29, 1.82) is 0 Å². The largest absolute Gasteiger partial charge is 0.453 e. The van der Waals surface area contributed by atoms with Gasteiger partial charge in [0.05, 0.1) is 32.4 Å². The van der Waals surface area contributed by atoms with E-state index in [4.69, 9.17) is 9.47 Å². The van der Waals surface area contributed by atoms with Gasteiger partial charge in [-0.1, -0.05) is 36.4 Å². The Kier molecular flexibility index (Phi) is 7.46. The molecule has 0 aliphatic carbocycles. The summed E-state index contributed by atoms with van der Waals surface area (Å²) in [7, 11) is 0. The van der Waals surface area contributed by atoms with Crippen LogP contribution in [0.4, 0.5) is 11.4 Å². The van der Waals surface area contributed by atoms with E-state index in [1.54, 1.807) is 48.5 Å². The molecule has 2 heterocycles. The van der Waals surface area contributed by atoms with Crippen molar-refractivity contribution in [2.24, 2.45) is 10.2 Å². The minimum atomic E-state index is -0.673. The molecular weight excluding hydrogens is 568 g/mol. The predicted molar refractivity (Wildman–Crippen MR) is 158 cm³/mol. The van der Waals surface area contributed by atoms with Gasteiger partial charge in [-0.3, -0.25) is 20.2 Å². The van der Waals surface area contributed by atoms with Crippen LogP contribution in [0.3, 0.4) is 0 Å². The Morgan fingerprint density at radius 2 is 0.955 bits per heavy atom. The summed E-state index contributed by atoms with van der Waals surface area (Å²) in [6, 6.07) is 25.5. The Balaban J connectivity index is 1.42. The minimum Gasteiger partial charge on any atom is -0.453 e. The number of carbonyl (C=O) groups is 2. The number of hydrogen-bond donors (Lipinski definition) is 0. The number of benzene rings is 4. The third-order valence-electron chi connectivity index (χ3n) is 7.43. The van der Waals surface area contributed by atoms with Crippen LogP contribution >= 0.6 is 0 Å². The summed E-state index contributed by atoms with van der Waals surface area (Å²) in [5.74, 6) is -0.934. The zero-order chi connectivity index (χ0) is 30.8. The first-order chi connectivity index (χ1) is 21.3. The smallest absolute Gasteiger partial charge is 0.339 e. The average molecular weight is 591 g/mol. The van der Waals surface area contributed by atoms with E-state index in [-0.39, 0.29) is 24.2 Å². The highest BCUT2D eigenvalue weighted by atomic mass is 16.6. The number of nitrogens with zero attached hydrogens (tertiary/aromatic N) is 4. The van der Waals surface area contributed by atoms with Crippen LogP contribution in [0, 0.1) is 20.2 Å². The first-order valence-corrected chi connectivity index (χ1v) is 13.5. The van der Waals surface area contributed by atoms with Crippen LogP contribution in [0.2, 0.25) is 0 Å². The van der Waals surface area contributed by atoms with E-state index in [1.165, 1.54) is 48.5 Å². The molecule has 0 radical (unpaired) electrons. The fraction of sp³-hybridized carbons (Fsp3) is 0.125. The summed E-state index contributed by atoms with van der Waals surface area (Å²) >= 11 is 0. The number of hydrogen-bond acceptors (Lipinski definition) is 10. The van der Waals surface area contributed by atoms with Crippen LogP contribution in [0.15, 0.2) is 107 Å².